The van der Waals surface area contributed by atoms with Gasteiger partial charge in [-0.2, -0.15) is 8.42 Å². The van der Waals surface area contributed by atoms with Crippen molar-refractivity contribution in [2.24, 2.45) is 0 Å². The van der Waals surface area contributed by atoms with Crippen molar-refractivity contribution in [1.29, 1.82) is 0 Å². The molecule has 402 valence electrons. The lowest BCUT2D eigenvalue weighted by Crippen LogP contribution is -2.31. The number of nitro groups is 2. The third-order valence-electron chi connectivity index (χ3n) is 5.30. The SMILES string of the molecule is Brc1ccc(Br)nc1.COc1cc([N+](=O)[O-])c(Br)c[n+]1O.COc1cc([N+](=O)[O-])c(Br)cn1.COc1ccc(Br)c[n+]1O.COc1ccc(Br)cn1.ClCCl.ClCCl.ClP(Cl)Cl.O=S(=O)(O)O.ONOO. The Bertz CT molecular complexity index is 2280. The third kappa shape index (κ3) is 50.3. The fraction of sp³-hybridized carbons (Fsp3) is 0.194. The fourth-order valence-electron chi connectivity index (χ4n) is 2.90. The molecule has 0 radical (unpaired) electrons. The van der Waals surface area contributed by atoms with Crippen molar-refractivity contribution in [3.63, 3.8) is 0 Å². The Hall–Kier alpha value is -1.60. The Kier molecular flexibility index (Phi) is 54.3. The lowest BCUT2D eigenvalue weighted by atomic mass is 10.4. The zero-order chi connectivity index (χ0) is 56.3. The summed E-state index contributed by atoms with van der Waals surface area (Å²) < 4.78 is 56.3. The fourth-order valence-corrected chi connectivity index (χ4v) is 4.74. The second-order valence-electron chi connectivity index (χ2n) is 9.66. The van der Waals surface area contributed by atoms with Gasteiger partial charge in [0, 0.05) is 36.9 Å². The Balaban J connectivity index is -0.000000236. The molecule has 5 heterocycles. The van der Waals surface area contributed by atoms with Crippen molar-refractivity contribution in [1.82, 2.24) is 20.6 Å². The van der Waals surface area contributed by atoms with Crippen LogP contribution in [0.4, 0.5) is 11.4 Å². The molecule has 7 N–H and O–H groups in total. The van der Waals surface area contributed by atoms with Crippen LogP contribution < -0.4 is 34.1 Å². The van der Waals surface area contributed by atoms with Gasteiger partial charge >= 0.3 is 22.2 Å². The van der Waals surface area contributed by atoms with Crippen molar-refractivity contribution in [2.45, 2.75) is 0 Å². The first kappa shape index (κ1) is 78.3. The Labute approximate surface area is 490 Å². The van der Waals surface area contributed by atoms with Gasteiger partial charge in [0.1, 0.15) is 15.1 Å². The van der Waals surface area contributed by atoms with E-state index in [1.165, 1.54) is 39.8 Å². The minimum absolute atomic E-state index is 0.00472. The van der Waals surface area contributed by atoms with Gasteiger partial charge in [-0.1, -0.05) is 33.7 Å². The number of pyridine rings is 5. The third-order valence-corrected chi connectivity index (χ3v) is 8.39. The van der Waals surface area contributed by atoms with E-state index in [9.17, 15) is 20.2 Å². The highest BCUT2D eigenvalue weighted by atomic mass is 79.9. The molecule has 0 fully saturated rings. The largest absolute Gasteiger partial charge is 0.481 e. The quantitative estimate of drug-likeness (QED) is 0.00916. The van der Waals surface area contributed by atoms with Gasteiger partial charge in [0.15, 0.2) is 10.5 Å². The van der Waals surface area contributed by atoms with Gasteiger partial charge in [-0.15, -0.1) is 51.4 Å². The summed E-state index contributed by atoms with van der Waals surface area (Å²) >= 11 is 52.5. The molecule has 0 aliphatic carbocycles. The molecule has 5 aromatic heterocycles. The van der Waals surface area contributed by atoms with Crippen LogP contribution in [0.15, 0.2) is 106 Å². The molecule has 0 aliphatic heterocycles. The number of alkyl halides is 4. The van der Waals surface area contributed by atoms with Crippen LogP contribution in [-0.2, 0) is 15.4 Å². The minimum atomic E-state index is -4.67. The van der Waals surface area contributed by atoms with Crippen LogP contribution in [-0.4, -0.2) is 102 Å². The van der Waals surface area contributed by atoms with Gasteiger partial charge < -0.3 is 18.9 Å². The monoisotopic (exact) mass is 1570 g/mol. The molecule has 0 saturated carbocycles. The first-order chi connectivity index (χ1) is 33.0. The number of nitrogens with zero attached hydrogens (tertiary/aromatic N) is 7. The zero-order valence-electron chi connectivity index (χ0n) is 35.5. The molecule has 0 unspecified atom stereocenters. The average molecular weight is 1580 g/mol. The van der Waals surface area contributed by atoms with Crippen LogP contribution in [0.5, 0.6) is 23.5 Å². The van der Waals surface area contributed by atoms with Crippen LogP contribution in [0.2, 0.25) is 0 Å². The molecule has 40 heteroatoms. The molecule has 0 aromatic carbocycles. The van der Waals surface area contributed by atoms with E-state index in [-0.39, 0.29) is 38.3 Å². The van der Waals surface area contributed by atoms with Crippen molar-refractivity contribution in [3.8, 4) is 23.5 Å². The summed E-state index contributed by atoms with van der Waals surface area (Å²) in [5.41, 5.74) is 0.768. The van der Waals surface area contributed by atoms with E-state index in [4.69, 9.17) is 133 Å². The van der Waals surface area contributed by atoms with Crippen LogP contribution in [0.1, 0.15) is 0 Å². The van der Waals surface area contributed by atoms with Crippen LogP contribution in [0, 0.1) is 20.2 Å². The maximum atomic E-state index is 10.4. The van der Waals surface area contributed by atoms with Crippen molar-refractivity contribution in [3.05, 3.63) is 127 Å². The molecule has 0 aliphatic rings. The second kappa shape index (κ2) is 49.3. The molecule has 0 saturated heterocycles. The van der Waals surface area contributed by atoms with E-state index in [0.717, 1.165) is 40.7 Å². The maximum Gasteiger partial charge on any atom is 0.423 e. The van der Waals surface area contributed by atoms with Gasteiger partial charge in [0.2, 0.25) is 24.2 Å². The second-order valence-corrected chi connectivity index (χ2v) is 22.4. The standard InChI is InChI=1S/C6H6BrN2O4.C6H5BrN2O3.C6H7BrNO2.C6H6BrNO.C5H3Br2N.2CH2Cl2.Cl3P.H3NO3.H2O4S/c1-13-6-2-5(9(11)12)4(7)3-8(6)10;1-12-6-2-5(9(10)11)4(7)3-8-6;1-10-6-3-2-5(7)4-8(6)9;1-9-6-3-2-5(7)4-8-6;6-4-1-2-5(7)8-3-4;2*2-1-3;1-4(2)3;2-1-4-3;1-5(2,3)4/h2-3,10H,1H3;2-3H,1H3;2-4,9H,1H3;2-4H,1H3;1-3H;2*1H2;;1-3H;(H2,1,2,3,4)/q+1;;+1;;;;;;;. The lowest BCUT2D eigenvalue weighted by Gasteiger charge is -1.98. The van der Waals surface area contributed by atoms with E-state index in [2.05, 4.69) is 120 Å². The van der Waals surface area contributed by atoms with Crippen molar-refractivity contribution >= 4 is 203 Å². The summed E-state index contributed by atoms with van der Waals surface area (Å²) in [7, 11) is 1.13. The summed E-state index contributed by atoms with van der Waals surface area (Å²) in [6, 6.07) is 13.3. The van der Waals surface area contributed by atoms with Crippen molar-refractivity contribution < 1.29 is 81.6 Å². The molecule has 0 bridgehead atoms. The maximum absolute atomic E-state index is 10.4. The van der Waals surface area contributed by atoms with E-state index in [1.54, 1.807) is 37.7 Å². The number of ether oxygens (including phenoxy) is 4. The topological polar surface area (TPSA) is 346 Å². The highest BCUT2D eigenvalue weighted by Crippen LogP contribution is 2.51. The molecule has 71 heavy (non-hydrogen) atoms. The molecular formula is C31H36Br6Cl7N8O17PS+2. The van der Waals surface area contributed by atoms with E-state index in [0.29, 0.717) is 21.0 Å². The predicted octanol–water partition coefficient (Wildman–Crippen LogP) is 12.6. The zero-order valence-corrected chi connectivity index (χ0v) is 52.0. The van der Waals surface area contributed by atoms with Gasteiger partial charge in [-0.3, -0.25) is 45.0 Å². The number of aromatic nitrogens is 5. The molecular weight excluding hydrogens is 1550 g/mol. The average Bonchev–Trinajstić information content (AvgIpc) is 3.28. The molecule has 0 amide bonds. The highest BCUT2D eigenvalue weighted by molar-refractivity contribution is 9.11. The van der Waals surface area contributed by atoms with E-state index >= 15 is 0 Å². The van der Waals surface area contributed by atoms with Crippen LogP contribution in [0.25, 0.3) is 0 Å². The van der Waals surface area contributed by atoms with Crippen LogP contribution >= 0.6 is 182 Å². The number of hydrogen-bond donors (Lipinski definition) is 7. The smallest absolute Gasteiger partial charge is 0.423 e. The Morgan fingerprint density at radius 1 is 0.648 bits per heavy atom. The molecule has 0 spiro atoms. The first-order valence-corrected chi connectivity index (χ1v) is 28.6. The predicted molar refractivity (Wildman–Crippen MR) is 287 cm³/mol. The summed E-state index contributed by atoms with van der Waals surface area (Å²) in [5.74, 6) is 0.0613. The lowest BCUT2D eigenvalue weighted by molar-refractivity contribution is -0.906. The molecule has 0 atom stereocenters. The number of hydrogen-bond acceptors (Lipinski definition) is 19. The Morgan fingerprint density at radius 2 is 1.03 bits per heavy atom. The van der Waals surface area contributed by atoms with Gasteiger partial charge in [0.25, 0.3) is 11.4 Å². The number of halogens is 13. The highest BCUT2D eigenvalue weighted by Gasteiger charge is 2.23. The van der Waals surface area contributed by atoms with Crippen LogP contribution in [0.3, 0.4) is 0 Å². The molecule has 5 rings (SSSR count). The van der Waals surface area contributed by atoms with Gasteiger partial charge in [-0.25, -0.2) is 20.2 Å². The van der Waals surface area contributed by atoms with Gasteiger partial charge in [0.05, 0.1) is 71.8 Å². The molecule has 5 aromatic rings. The summed E-state index contributed by atoms with van der Waals surface area (Å²) in [4.78, 5) is 34.2. The summed E-state index contributed by atoms with van der Waals surface area (Å²) in [6.07, 6.45) is 7.40. The number of methoxy groups -OCH3 is 4. The number of rotatable bonds is 7. The molecule has 25 nitrogen and oxygen atoms in total. The number of nitrogens with one attached hydrogen (secondary N) is 1. The normalized spacial score (nSPS) is 9.15. The first-order valence-electron chi connectivity index (χ1n) is 16.3. The summed E-state index contributed by atoms with van der Waals surface area (Å²) in [6.45, 7) is 0. The summed E-state index contributed by atoms with van der Waals surface area (Å²) in [5, 5.41) is 53.6. The van der Waals surface area contributed by atoms with E-state index in [1.807, 2.05) is 18.2 Å². The minimum Gasteiger partial charge on any atom is -0.481 e. The van der Waals surface area contributed by atoms with Gasteiger partial charge in [-0.05, 0) is 125 Å². The Morgan fingerprint density at radius 3 is 1.35 bits per heavy atom. The van der Waals surface area contributed by atoms with E-state index < -0.39 is 26.2 Å². The van der Waals surface area contributed by atoms with Crippen molar-refractivity contribution in [2.75, 3.05) is 39.1 Å².